The first-order valence-corrected chi connectivity index (χ1v) is 10.5. The van der Waals surface area contributed by atoms with Crippen molar-refractivity contribution in [1.82, 2.24) is 14.7 Å². The van der Waals surface area contributed by atoms with Crippen LogP contribution in [0.25, 0.3) is 11.3 Å². The van der Waals surface area contributed by atoms with Crippen molar-refractivity contribution in [2.45, 2.75) is 13.3 Å². The summed E-state index contributed by atoms with van der Waals surface area (Å²) in [5.41, 5.74) is 4.36. The van der Waals surface area contributed by atoms with E-state index in [-0.39, 0.29) is 5.91 Å². The number of methoxy groups -OCH3 is 3. The highest BCUT2D eigenvalue weighted by molar-refractivity contribution is 5.96. The van der Waals surface area contributed by atoms with E-state index in [4.69, 9.17) is 14.2 Å². The zero-order valence-electron chi connectivity index (χ0n) is 18.8. The largest absolute Gasteiger partial charge is 0.496 e. The Morgan fingerprint density at radius 2 is 1.69 bits per heavy atom. The van der Waals surface area contributed by atoms with Gasteiger partial charge in [0.05, 0.1) is 50.0 Å². The SMILES string of the molecule is COc1cc(OC)c(C2=CCN(C(=O)c3cnn(-c4ccccc4)c3C)CC2)c(OC)c1. The Hall–Kier alpha value is -3.74. The molecule has 0 fully saturated rings. The van der Waals surface area contributed by atoms with Crippen LogP contribution in [-0.4, -0.2) is 55.0 Å². The highest BCUT2D eigenvalue weighted by atomic mass is 16.5. The Labute approximate surface area is 187 Å². The van der Waals surface area contributed by atoms with Gasteiger partial charge in [0.15, 0.2) is 0 Å². The lowest BCUT2D eigenvalue weighted by Gasteiger charge is -2.28. The molecule has 4 rings (SSSR count). The first-order chi connectivity index (χ1) is 15.6. The van der Waals surface area contributed by atoms with Gasteiger partial charge in [0.1, 0.15) is 17.2 Å². The number of amides is 1. The summed E-state index contributed by atoms with van der Waals surface area (Å²) in [6.07, 6.45) is 4.40. The van der Waals surface area contributed by atoms with E-state index in [1.165, 1.54) is 0 Å². The molecule has 0 spiro atoms. The molecule has 0 aliphatic carbocycles. The number of aromatic nitrogens is 2. The minimum absolute atomic E-state index is 0.0198. The molecular weight excluding hydrogens is 406 g/mol. The van der Waals surface area contributed by atoms with Gasteiger partial charge in [-0.1, -0.05) is 24.3 Å². The second-order valence-corrected chi connectivity index (χ2v) is 7.53. The number of carbonyl (C=O) groups is 1. The quantitative estimate of drug-likeness (QED) is 0.585. The van der Waals surface area contributed by atoms with Crippen LogP contribution in [0, 0.1) is 6.92 Å². The molecule has 1 aromatic heterocycles. The summed E-state index contributed by atoms with van der Waals surface area (Å²) >= 11 is 0. The van der Waals surface area contributed by atoms with Crippen LogP contribution in [0.1, 0.15) is 28.0 Å². The average Bonchev–Trinajstić information content (AvgIpc) is 3.24. The Bertz CT molecular complexity index is 1130. The van der Waals surface area contributed by atoms with Crippen LogP contribution in [0.4, 0.5) is 0 Å². The smallest absolute Gasteiger partial charge is 0.257 e. The molecule has 3 aromatic rings. The van der Waals surface area contributed by atoms with Gasteiger partial charge in [-0.05, 0) is 31.1 Å². The van der Waals surface area contributed by atoms with Crippen molar-refractivity contribution >= 4 is 11.5 Å². The van der Waals surface area contributed by atoms with E-state index in [9.17, 15) is 4.79 Å². The first-order valence-electron chi connectivity index (χ1n) is 10.5. The van der Waals surface area contributed by atoms with Crippen molar-refractivity contribution in [3.05, 3.63) is 71.6 Å². The number of rotatable bonds is 6. The van der Waals surface area contributed by atoms with Crippen LogP contribution in [0.15, 0.2) is 54.7 Å². The second kappa shape index (κ2) is 9.18. The summed E-state index contributed by atoms with van der Waals surface area (Å²) < 4.78 is 18.3. The third-order valence-electron chi connectivity index (χ3n) is 5.77. The molecule has 1 amide bonds. The van der Waals surface area contributed by atoms with E-state index in [0.29, 0.717) is 42.3 Å². The first kappa shape index (κ1) is 21.5. The zero-order chi connectivity index (χ0) is 22.7. The fourth-order valence-electron chi connectivity index (χ4n) is 4.02. The van der Waals surface area contributed by atoms with E-state index in [1.807, 2.05) is 54.3 Å². The molecule has 1 aliphatic heterocycles. The van der Waals surface area contributed by atoms with Crippen molar-refractivity contribution < 1.29 is 19.0 Å². The predicted molar refractivity (Wildman–Crippen MR) is 123 cm³/mol. The van der Waals surface area contributed by atoms with E-state index < -0.39 is 0 Å². The molecule has 2 heterocycles. The van der Waals surface area contributed by atoms with E-state index in [2.05, 4.69) is 11.2 Å². The second-order valence-electron chi connectivity index (χ2n) is 7.53. The van der Waals surface area contributed by atoms with Gasteiger partial charge in [-0.15, -0.1) is 0 Å². The Morgan fingerprint density at radius 3 is 2.25 bits per heavy atom. The Balaban J connectivity index is 1.57. The van der Waals surface area contributed by atoms with Crippen molar-refractivity contribution in [1.29, 1.82) is 0 Å². The maximum absolute atomic E-state index is 13.2. The van der Waals surface area contributed by atoms with E-state index in [0.717, 1.165) is 22.5 Å². The fourth-order valence-corrected chi connectivity index (χ4v) is 4.02. The Kier molecular flexibility index (Phi) is 6.16. The summed E-state index contributed by atoms with van der Waals surface area (Å²) in [6.45, 7) is 3.02. The highest BCUT2D eigenvalue weighted by Crippen LogP contribution is 2.41. The van der Waals surface area contributed by atoms with E-state index >= 15 is 0 Å². The third kappa shape index (κ3) is 3.93. The zero-order valence-corrected chi connectivity index (χ0v) is 18.8. The van der Waals surface area contributed by atoms with Gasteiger partial charge < -0.3 is 19.1 Å². The van der Waals surface area contributed by atoms with Gasteiger partial charge >= 0.3 is 0 Å². The lowest BCUT2D eigenvalue weighted by molar-refractivity contribution is 0.0772. The van der Waals surface area contributed by atoms with Gasteiger partial charge in [-0.25, -0.2) is 4.68 Å². The van der Waals surface area contributed by atoms with Crippen molar-refractivity contribution in [3.63, 3.8) is 0 Å². The molecule has 0 saturated heterocycles. The van der Waals surface area contributed by atoms with Gasteiger partial charge in [-0.2, -0.15) is 5.10 Å². The van der Waals surface area contributed by atoms with Crippen LogP contribution in [0.2, 0.25) is 0 Å². The lowest BCUT2D eigenvalue weighted by Crippen LogP contribution is -2.35. The standard InChI is InChI=1S/C25H27N3O4/c1-17-21(16-26-28(17)19-8-6-5-7-9-19)25(29)27-12-10-18(11-13-27)24-22(31-3)14-20(30-2)15-23(24)32-4/h5-10,14-16H,11-13H2,1-4H3. The number of para-hydroxylation sites is 1. The molecule has 2 aromatic carbocycles. The molecule has 0 N–H and O–H groups in total. The molecule has 0 unspecified atom stereocenters. The summed E-state index contributed by atoms with van der Waals surface area (Å²) in [6, 6.07) is 13.5. The number of hydrogen-bond donors (Lipinski definition) is 0. The maximum atomic E-state index is 13.2. The predicted octanol–water partition coefficient (Wildman–Crippen LogP) is 4.14. The summed E-state index contributed by atoms with van der Waals surface area (Å²) in [4.78, 5) is 15.1. The molecule has 0 atom stereocenters. The maximum Gasteiger partial charge on any atom is 0.257 e. The monoisotopic (exact) mass is 433 g/mol. The summed E-state index contributed by atoms with van der Waals surface area (Å²) in [5, 5.41) is 4.43. The van der Waals surface area contributed by atoms with E-state index in [1.54, 1.807) is 32.2 Å². The highest BCUT2D eigenvalue weighted by Gasteiger charge is 2.25. The van der Waals surface area contributed by atoms with Crippen LogP contribution in [0.5, 0.6) is 17.2 Å². The minimum Gasteiger partial charge on any atom is -0.496 e. The molecule has 166 valence electrons. The van der Waals surface area contributed by atoms with Crippen LogP contribution in [-0.2, 0) is 0 Å². The van der Waals surface area contributed by atoms with Crippen molar-refractivity contribution in [2.24, 2.45) is 0 Å². The normalized spacial score (nSPS) is 13.5. The number of carbonyl (C=O) groups excluding carboxylic acids is 1. The molecule has 0 radical (unpaired) electrons. The number of hydrogen-bond acceptors (Lipinski definition) is 5. The number of benzene rings is 2. The number of nitrogens with zero attached hydrogens (tertiary/aromatic N) is 3. The number of ether oxygens (including phenoxy) is 3. The molecule has 7 nitrogen and oxygen atoms in total. The Morgan fingerprint density at radius 1 is 1.00 bits per heavy atom. The van der Waals surface area contributed by atoms with Gasteiger partial charge in [0.25, 0.3) is 5.91 Å². The molecule has 32 heavy (non-hydrogen) atoms. The van der Waals surface area contributed by atoms with Crippen molar-refractivity contribution in [2.75, 3.05) is 34.4 Å². The van der Waals surface area contributed by atoms with Crippen molar-refractivity contribution in [3.8, 4) is 22.9 Å². The molecule has 7 heteroatoms. The fraction of sp³-hybridized carbons (Fsp3) is 0.280. The minimum atomic E-state index is -0.0198. The van der Waals surface area contributed by atoms with Gasteiger partial charge in [-0.3, -0.25) is 4.79 Å². The topological polar surface area (TPSA) is 65.8 Å². The summed E-state index contributed by atoms with van der Waals surface area (Å²) in [5.74, 6) is 2.02. The van der Waals surface area contributed by atoms with Gasteiger partial charge in [0.2, 0.25) is 0 Å². The molecule has 1 aliphatic rings. The summed E-state index contributed by atoms with van der Waals surface area (Å²) in [7, 11) is 4.87. The van der Waals surface area contributed by atoms with Crippen LogP contribution in [0.3, 0.4) is 0 Å². The lowest BCUT2D eigenvalue weighted by atomic mass is 9.97. The molecule has 0 bridgehead atoms. The van der Waals surface area contributed by atoms with Crippen LogP contribution >= 0.6 is 0 Å². The third-order valence-corrected chi connectivity index (χ3v) is 5.77. The average molecular weight is 434 g/mol. The van der Waals surface area contributed by atoms with Gasteiger partial charge in [0, 0.05) is 25.2 Å². The molecule has 0 saturated carbocycles. The molecular formula is C25H27N3O4. The van der Waals surface area contributed by atoms with Crippen LogP contribution < -0.4 is 14.2 Å².